The minimum Gasteiger partial charge on any atom is -0.298 e. The quantitative estimate of drug-likeness (QED) is 0.840. The number of amidine groups is 1. The molecule has 21 heavy (non-hydrogen) atoms. The van der Waals surface area contributed by atoms with Crippen LogP contribution >= 0.6 is 11.8 Å². The minimum atomic E-state index is -0.139. The lowest BCUT2D eigenvalue weighted by Crippen LogP contribution is -2.52. The Hall–Kier alpha value is -2.08. The molecule has 2 heterocycles. The molecule has 1 aromatic rings. The number of para-hydroxylation sites is 1. The predicted molar refractivity (Wildman–Crippen MR) is 84.8 cm³/mol. The van der Waals surface area contributed by atoms with E-state index in [-0.39, 0.29) is 12.1 Å². The Labute approximate surface area is 127 Å². The summed E-state index contributed by atoms with van der Waals surface area (Å²) in [5, 5.41) is 11.4. The number of rotatable bonds is 3. The van der Waals surface area contributed by atoms with Gasteiger partial charge in [0.2, 0.25) is 0 Å². The molecule has 0 aromatic heterocycles. The fourth-order valence-electron chi connectivity index (χ4n) is 2.36. The summed E-state index contributed by atoms with van der Waals surface area (Å²) < 4.78 is 0. The van der Waals surface area contributed by atoms with Crippen LogP contribution in [0.5, 0.6) is 0 Å². The molecule has 1 aromatic carbocycles. The van der Waals surface area contributed by atoms with Crippen molar-refractivity contribution >= 4 is 28.5 Å². The first-order chi connectivity index (χ1) is 10.2. The molecule has 1 N–H and O–H groups in total. The minimum absolute atomic E-state index is 0.127. The summed E-state index contributed by atoms with van der Waals surface area (Å²) in [4.78, 5) is 17.2. The number of amides is 1. The van der Waals surface area contributed by atoms with Crippen LogP contribution in [0.3, 0.4) is 0 Å². The van der Waals surface area contributed by atoms with Crippen LogP contribution in [0.1, 0.15) is 13.3 Å². The molecule has 3 rings (SSSR count). The summed E-state index contributed by atoms with van der Waals surface area (Å²) in [7, 11) is 0. The second-order valence-electron chi connectivity index (χ2n) is 4.69. The van der Waals surface area contributed by atoms with E-state index in [2.05, 4.69) is 22.0 Å². The third-order valence-electron chi connectivity index (χ3n) is 3.30. The number of nitrogens with zero attached hydrogens (tertiary/aromatic N) is 3. The molecule has 0 bridgehead atoms. The van der Waals surface area contributed by atoms with Crippen molar-refractivity contribution in [3.63, 3.8) is 0 Å². The van der Waals surface area contributed by atoms with Crippen LogP contribution in [-0.4, -0.2) is 28.0 Å². The van der Waals surface area contributed by atoms with E-state index in [4.69, 9.17) is 0 Å². The molecule has 0 aliphatic carbocycles. The highest BCUT2D eigenvalue weighted by molar-refractivity contribution is 8.14. The standard InChI is InChI=1S/C15H16N4OS/c1-3-9-21-15-17-14(20)13-10-7-5-6-8-11(10)16-12(4-2)19(13)18-15/h3,5-8,12H,1,4,9H2,2H3,(H,17,18,20). The largest absolute Gasteiger partial charge is 0.298 e. The van der Waals surface area contributed by atoms with Gasteiger partial charge in [0.05, 0.1) is 5.36 Å². The van der Waals surface area contributed by atoms with E-state index < -0.39 is 0 Å². The fourth-order valence-corrected chi connectivity index (χ4v) is 2.95. The Morgan fingerprint density at radius 2 is 2.29 bits per heavy atom. The van der Waals surface area contributed by atoms with Gasteiger partial charge in [0, 0.05) is 11.0 Å². The van der Waals surface area contributed by atoms with Crippen LogP contribution in [0.4, 0.5) is 0 Å². The van der Waals surface area contributed by atoms with Gasteiger partial charge in [0.15, 0.2) is 5.17 Å². The number of carbonyl (C=O) groups excluding carboxylic acids is 1. The number of benzene rings is 1. The van der Waals surface area contributed by atoms with Crippen LogP contribution in [0.15, 0.2) is 47.0 Å². The third kappa shape index (κ3) is 2.47. The molecular formula is C15H16N4OS. The van der Waals surface area contributed by atoms with E-state index in [1.807, 2.05) is 31.2 Å². The first-order valence-corrected chi connectivity index (χ1v) is 7.83. The Morgan fingerprint density at radius 3 is 3.05 bits per heavy atom. The highest BCUT2D eigenvalue weighted by Crippen LogP contribution is 2.21. The first-order valence-electron chi connectivity index (χ1n) is 6.84. The molecule has 6 heteroatoms. The number of nitrogens with one attached hydrogen (secondary N) is 1. The molecule has 2 aliphatic heterocycles. The highest BCUT2D eigenvalue weighted by Gasteiger charge is 2.32. The van der Waals surface area contributed by atoms with Crippen molar-refractivity contribution in [1.29, 1.82) is 0 Å². The summed E-state index contributed by atoms with van der Waals surface area (Å²) >= 11 is 1.45. The maximum Gasteiger partial charge on any atom is 0.276 e. The Bertz CT molecular complexity index is 740. The zero-order valence-corrected chi connectivity index (χ0v) is 12.6. The van der Waals surface area contributed by atoms with Gasteiger partial charge in [-0.25, -0.2) is 5.01 Å². The maximum absolute atomic E-state index is 12.5. The molecule has 0 saturated heterocycles. The number of fused-ring (bicyclic) bond motifs is 2. The molecule has 0 saturated carbocycles. The van der Waals surface area contributed by atoms with Crippen LogP contribution in [0.25, 0.3) is 5.70 Å². The Balaban J connectivity index is 2.14. The van der Waals surface area contributed by atoms with Gasteiger partial charge in [0.1, 0.15) is 11.9 Å². The summed E-state index contributed by atoms with van der Waals surface area (Å²) in [6, 6.07) is 7.68. The molecule has 0 fully saturated rings. The van der Waals surface area contributed by atoms with Gasteiger partial charge < -0.3 is 0 Å². The van der Waals surface area contributed by atoms with Crippen molar-refractivity contribution < 1.29 is 4.79 Å². The molecule has 2 aliphatic rings. The average Bonchev–Trinajstić information content (AvgIpc) is 2.51. The van der Waals surface area contributed by atoms with Gasteiger partial charge in [-0.3, -0.25) is 15.1 Å². The monoisotopic (exact) mass is 300 g/mol. The number of thioether (sulfide) groups is 1. The zero-order valence-electron chi connectivity index (χ0n) is 11.7. The topological polar surface area (TPSA) is 57.1 Å². The van der Waals surface area contributed by atoms with Crippen LogP contribution in [0, 0.1) is 0 Å². The van der Waals surface area contributed by atoms with Gasteiger partial charge in [0.25, 0.3) is 5.91 Å². The predicted octanol–water partition coefficient (Wildman–Crippen LogP) is 0.786. The van der Waals surface area contributed by atoms with Crippen molar-refractivity contribution in [3.8, 4) is 0 Å². The van der Waals surface area contributed by atoms with E-state index in [1.54, 1.807) is 11.1 Å². The molecule has 1 unspecified atom stereocenters. The van der Waals surface area contributed by atoms with E-state index in [1.165, 1.54) is 11.8 Å². The van der Waals surface area contributed by atoms with Crippen molar-refractivity contribution in [2.45, 2.75) is 19.5 Å². The smallest absolute Gasteiger partial charge is 0.276 e. The van der Waals surface area contributed by atoms with Crippen LogP contribution in [0.2, 0.25) is 0 Å². The third-order valence-corrected chi connectivity index (χ3v) is 4.16. The Morgan fingerprint density at radius 1 is 1.48 bits per heavy atom. The Kier molecular flexibility index (Phi) is 3.79. The van der Waals surface area contributed by atoms with Gasteiger partial charge in [-0.15, -0.1) is 11.7 Å². The highest BCUT2D eigenvalue weighted by atomic mass is 32.2. The molecule has 0 spiro atoms. The second-order valence-corrected chi connectivity index (χ2v) is 5.70. The second kappa shape index (κ2) is 5.73. The number of hydrazone groups is 1. The lowest BCUT2D eigenvalue weighted by molar-refractivity contribution is -0.116. The zero-order chi connectivity index (χ0) is 14.8. The van der Waals surface area contributed by atoms with Crippen molar-refractivity contribution in [2.75, 3.05) is 5.75 Å². The molecular weight excluding hydrogens is 284 g/mol. The number of hydrogen-bond donors (Lipinski definition) is 1. The SMILES string of the molecule is C=CCSC1=NN2C(=c3ccccc3=NC2CC)C(=O)N1. The average molecular weight is 300 g/mol. The van der Waals surface area contributed by atoms with Gasteiger partial charge in [-0.1, -0.05) is 43.0 Å². The van der Waals surface area contributed by atoms with Gasteiger partial charge in [-0.2, -0.15) is 0 Å². The molecule has 1 amide bonds. The number of carbonyl (C=O) groups is 1. The summed E-state index contributed by atoms with van der Waals surface area (Å²) in [5.41, 5.74) is 0.579. The van der Waals surface area contributed by atoms with E-state index in [0.717, 1.165) is 17.0 Å². The van der Waals surface area contributed by atoms with E-state index in [9.17, 15) is 4.79 Å². The van der Waals surface area contributed by atoms with E-state index in [0.29, 0.717) is 16.6 Å². The molecule has 0 radical (unpaired) electrons. The lowest BCUT2D eigenvalue weighted by Gasteiger charge is -2.33. The summed E-state index contributed by atoms with van der Waals surface area (Å²) in [6.07, 6.45) is 2.43. The normalized spacial score (nSPS) is 20.0. The summed E-state index contributed by atoms with van der Waals surface area (Å²) in [5.74, 6) is 0.574. The van der Waals surface area contributed by atoms with Crippen molar-refractivity contribution in [3.05, 3.63) is 47.5 Å². The molecule has 108 valence electrons. The summed E-state index contributed by atoms with van der Waals surface area (Å²) in [6.45, 7) is 5.72. The van der Waals surface area contributed by atoms with Crippen molar-refractivity contribution in [2.24, 2.45) is 10.1 Å². The van der Waals surface area contributed by atoms with Crippen molar-refractivity contribution in [1.82, 2.24) is 10.3 Å². The fraction of sp³-hybridized carbons (Fsp3) is 0.267. The number of hydrogen-bond acceptors (Lipinski definition) is 5. The van der Waals surface area contributed by atoms with Crippen LogP contribution in [-0.2, 0) is 4.79 Å². The molecule has 5 nitrogen and oxygen atoms in total. The van der Waals surface area contributed by atoms with E-state index >= 15 is 0 Å². The van der Waals surface area contributed by atoms with Gasteiger partial charge >= 0.3 is 0 Å². The molecule has 1 atom stereocenters. The maximum atomic E-state index is 12.5. The lowest BCUT2D eigenvalue weighted by atomic mass is 10.1. The van der Waals surface area contributed by atoms with Gasteiger partial charge in [-0.05, 0) is 12.5 Å². The van der Waals surface area contributed by atoms with Crippen LogP contribution < -0.4 is 15.9 Å². The first kappa shape index (κ1) is 13.9.